The van der Waals surface area contributed by atoms with E-state index in [0.29, 0.717) is 24.2 Å². The molecule has 2 rings (SSSR count). The van der Waals surface area contributed by atoms with Crippen molar-refractivity contribution >= 4 is 22.0 Å². The number of benzene rings is 1. The summed E-state index contributed by atoms with van der Waals surface area (Å²) < 4.78 is 29.1. The van der Waals surface area contributed by atoms with Gasteiger partial charge in [-0.25, -0.2) is 18.4 Å². The van der Waals surface area contributed by atoms with Gasteiger partial charge in [0.15, 0.2) is 0 Å². The van der Waals surface area contributed by atoms with Gasteiger partial charge >= 0.3 is 6.09 Å². The minimum Gasteiger partial charge on any atom is -0.444 e. The molecule has 0 bridgehead atoms. The summed E-state index contributed by atoms with van der Waals surface area (Å²) in [5.41, 5.74) is 0.883. The van der Waals surface area contributed by atoms with Crippen molar-refractivity contribution < 1.29 is 22.7 Å². The van der Waals surface area contributed by atoms with Gasteiger partial charge in [0.1, 0.15) is 5.60 Å². The summed E-state index contributed by atoms with van der Waals surface area (Å²) in [5, 5.41) is 8.23. The fourth-order valence-electron chi connectivity index (χ4n) is 3.70. The lowest BCUT2D eigenvalue weighted by Gasteiger charge is -2.36. The van der Waals surface area contributed by atoms with Crippen molar-refractivity contribution in [2.75, 3.05) is 13.1 Å². The van der Waals surface area contributed by atoms with Gasteiger partial charge in [0, 0.05) is 24.7 Å². The third-order valence-corrected chi connectivity index (χ3v) is 6.30. The number of nitrogens with one attached hydrogen (secondary N) is 1. The van der Waals surface area contributed by atoms with Gasteiger partial charge in [-0.1, -0.05) is 6.07 Å². The quantitative estimate of drug-likeness (QED) is 0.748. The summed E-state index contributed by atoms with van der Waals surface area (Å²) in [6.07, 6.45) is 1.34. The predicted molar refractivity (Wildman–Crippen MR) is 115 cm³/mol. The maximum absolute atomic E-state index is 12.9. The first kappa shape index (κ1) is 24.1. The van der Waals surface area contributed by atoms with Gasteiger partial charge < -0.3 is 15.0 Å². The summed E-state index contributed by atoms with van der Waals surface area (Å²) in [7, 11) is -3.93. The molecule has 1 fully saturated rings. The first-order valence-corrected chi connectivity index (χ1v) is 11.7. The van der Waals surface area contributed by atoms with Gasteiger partial charge in [0.2, 0.25) is 10.0 Å². The number of sulfonamides is 1. The Morgan fingerprint density at radius 3 is 2.43 bits per heavy atom. The van der Waals surface area contributed by atoms with Crippen LogP contribution in [0.5, 0.6) is 0 Å². The molecule has 1 aromatic carbocycles. The maximum atomic E-state index is 12.9. The van der Waals surface area contributed by atoms with E-state index in [0.717, 1.165) is 12.8 Å². The number of ether oxygens (including phenoxy) is 1. The van der Waals surface area contributed by atoms with E-state index in [1.54, 1.807) is 24.8 Å². The second kappa shape index (κ2) is 8.93. The summed E-state index contributed by atoms with van der Waals surface area (Å²) >= 11 is 0. The van der Waals surface area contributed by atoms with E-state index < -0.39 is 15.6 Å². The zero-order chi connectivity index (χ0) is 22.9. The molecule has 2 atom stereocenters. The largest absolute Gasteiger partial charge is 0.444 e. The van der Waals surface area contributed by atoms with Gasteiger partial charge in [-0.3, -0.25) is 4.79 Å². The zero-order valence-corrected chi connectivity index (χ0v) is 19.4. The van der Waals surface area contributed by atoms with Crippen LogP contribution in [0.2, 0.25) is 0 Å². The number of rotatable bonds is 4. The molecule has 168 valence electrons. The fraction of sp³-hybridized carbons (Fsp3) is 0.619. The molecule has 2 amide bonds. The second-order valence-electron chi connectivity index (χ2n) is 9.07. The molecule has 8 nitrogen and oxygen atoms in total. The van der Waals surface area contributed by atoms with Gasteiger partial charge in [-0.05, 0) is 77.5 Å². The maximum Gasteiger partial charge on any atom is 0.410 e. The highest BCUT2D eigenvalue weighted by molar-refractivity contribution is 7.89. The lowest BCUT2D eigenvalue weighted by molar-refractivity contribution is 0.0150. The van der Waals surface area contributed by atoms with Crippen LogP contribution in [-0.4, -0.2) is 50.1 Å². The minimum absolute atomic E-state index is 0.0559. The number of carbonyl (C=O) groups is 2. The Hall–Kier alpha value is -2.13. The number of hydrogen-bond acceptors (Lipinski definition) is 5. The second-order valence-corrected chi connectivity index (χ2v) is 10.6. The van der Waals surface area contributed by atoms with Crippen LogP contribution in [-0.2, 0) is 14.8 Å². The number of carbonyl (C=O) groups excluding carboxylic acids is 2. The summed E-state index contributed by atoms with van der Waals surface area (Å²) in [6, 6.07) is 2.77. The monoisotopic (exact) mass is 439 g/mol. The number of amides is 2. The molecule has 2 unspecified atom stereocenters. The van der Waals surface area contributed by atoms with Crippen LogP contribution in [0.1, 0.15) is 62.0 Å². The molecule has 1 aromatic rings. The lowest BCUT2D eigenvalue weighted by Crippen LogP contribution is -2.49. The smallest absolute Gasteiger partial charge is 0.410 e. The number of hydrogen-bond donors (Lipinski definition) is 2. The Kier molecular flexibility index (Phi) is 7.19. The number of likely N-dealkylation sites (tertiary alicyclic amines) is 1. The van der Waals surface area contributed by atoms with Crippen LogP contribution in [0.3, 0.4) is 0 Å². The Morgan fingerprint density at radius 1 is 1.23 bits per heavy atom. The first-order valence-electron chi connectivity index (χ1n) is 10.1. The molecule has 0 saturated carbocycles. The van der Waals surface area contributed by atoms with E-state index in [4.69, 9.17) is 9.88 Å². The number of nitrogens with zero attached hydrogens (tertiary/aromatic N) is 1. The summed E-state index contributed by atoms with van der Waals surface area (Å²) in [6.45, 7) is 11.9. The number of nitrogens with two attached hydrogens (primary N) is 1. The molecule has 1 aliphatic heterocycles. The standard InChI is InChI=1S/C21H33N3O5S/c1-13-10-14(2)18(30(22,27)28)11-17(13)19(25)23-15(3)16-8-7-9-24(12-16)20(26)29-21(4,5)6/h10-11,15-16H,7-9,12H2,1-6H3,(H,23,25)(H2,22,27,28). The topological polar surface area (TPSA) is 119 Å². The molecule has 1 aliphatic rings. The number of primary sulfonamides is 1. The molecule has 0 aliphatic carbocycles. The van der Waals surface area contributed by atoms with Gasteiger partial charge in [0.05, 0.1) is 4.90 Å². The fourth-order valence-corrected chi connectivity index (χ4v) is 4.49. The predicted octanol–water partition coefficient (Wildman–Crippen LogP) is 2.72. The Morgan fingerprint density at radius 2 is 1.87 bits per heavy atom. The first-order chi connectivity index (χ1) is 13.7. The Bertz CT molecular complexity index is 921. The van der Waals surface area contributed by atoms with Gasteiger partial charge in [-0.2, -0.15) is 0 Å². The third kappa shape index (κ3) is 6.18. The molecular weight excluding hydrogens is 406 g/mol. The van der Waals surface area contributed by atoms with Crippen molar-refractivity contribution in [1.82, 2.24) is 10.2 Å². The summed E-state index contributed by atoms with van der Waals surface area (Å²) in [5.74, 6) is -0.294. The van der Waals surface area contributed by atoms with E-state index in [1.807, 2.05) is 27.7 Å². The molecule has 0 spiro atoms. The zero-order valence-electron chi connectivity index (χ0n) is 18.6. The lowest BCUT2D eigenvalue weighted by atomic mass is 9.91. The average molecular weight is 440 g/mol. The van der Waals surface area contributed by atoms with Crippen molar-refractivity contribution in [2.45, 2.75) is 70.9 Å². The van der Waals surface area contributed by atoms with Crippen molar-refractivity contribution in [3.8, 4) is 0 Å². The molecule has 0 radical (unpaired) electrons. The molecule has 1 heterocycles. The van der Waals surface area contributed by atoms with Crippen molar-refractivity contribution in [1.29, 1.82) is 0 Å². The SMILES string of the molecule is Cc1cc(C)c(S(N)(=O)=O)cc1C(=O)NC(C)C1CCCN(C(=O)OC(C)(C)C)C1. The molecule has 3 N–H and O–H groups in total. The van der Waals surface area contributed by atoms with E-state index in [2.05, 4.69) is 5.32 Å². The normalized spacial score (nSPS) is 18.6. The van der Waals surface area contributed by atoms with Crippen LogP contribution in [0.4, 0.5) is 4.79 Å². The average Bonchev–Trinajstić information content (AvgIpc) is 2.59. The molecule has 1 saturated heterocycles. The molecule has 0 aromatic heterocycles. The van der Waals surface area contributed by atoms with Crippen LogP contribution >= 0.6 is 0 Å². The Balaban J connectivity index is 2.11. The van der Waals surface area contributed by atoms with Gasteiger partial charge in [0.25, 0.3) is 5.91 Å². The number of piperidine rings is 1. The van der Waals surface area contributed by atoms with E-state index >= 15 is 0 Å². The van der Waals surface area contributed by atoms with E-state index in [9.17, 15) is 18.0 Å². The summed E-state index contributed by atoms with van der Waals surface area (Å²) in [4.78, 5) is 26.9. The highest BCUT2D eigenvalue weighted by Gasteiger charge is 2.31. The Labute approximate surface area is 179 Å². The highest BCUT2D eigenvalue weighted by Crippen LogP contribution is 2.23. The number of aryl methyl sites for hydroxylation is 2. The van der Waals surface area contributed by atoms with Crippen molar-refractivity contribution in [2.24, 2.45) is 11.1 Å². The van der Waals surface area contributed by atoms with Crippen LogP contribution in [0.25, 0.3) is 0 Å². The third-order valence-electron chi connectivity index (χ3n) is 5.25. The van der Waals surface area contributed by atoms with Crippen LogP contribution < -0.4 is 10.5 Å². The van der Waals surface area contributed by atoms with Crippen molar-refractivity contribution in [3.05, 3.63) is 28.8 Å². The molecule has 30 heavy (non-hydrogen) atoms. The minimum atomic E-state index is -3.93. The molecular formula is C21H33N3O5S. The van der Waals surface area contributed by atoms with Crippen LogP contribution in [0.15, 0.2) is 17.0 Å². The van der Waals surface area contributed by atoms with Crippen LogP contribution in [0, 0.1) is 19.8 Å². The van der Waals surface area contributed by atoms with Crippen molar-refractivity contribution in [3.63, 3.8) is 0 Å². The van der Waals surface area contributed by atoms with E-state index in [1.165, 1.54) is 6.07 Å². The van der Waals surface area contributed by atoms with Gasteiger partial charge in [-0.15, -0.1) is 0 Å². The molecule has 9 heteroatoms. The van der Waals surface area contributed by atoms with E-state index in [-0.39, 0.29) is 34.4 Å². The highest BCUT2D eigenvalue weighted by atomic mass is 32.2.